The van der Waals surface area contributed by atoms with E-state index < -0.39 is 10.0 Å². The molecule has 1 N–H and O–H groups in total. The van der Waals surface area contributed by atoms with Crippen LogP contribution in [0.2, 0.25) is 0 Å². The van der Waals surface area contributed by atoms with Crippen LogP contribution in [0.4, 0.5) is 0 Å². The number of hydrogen-bond acceptors (Lipinski definition) is 5. The van der Waals surface area contributed by atoms with E-state index in [0.29, 0.717) is 22.6 Å². The summed E-state index contributed by atoms with van der Waals surface area (Å²) in [6.45, 7) is 2.08. The number of ether oxygens (including phenoxy) is 2. The van der Waals surface area contributed by atoms with Crippen LogP contribution in [0.3, 0.4) is 0 Å². The van der Waals surface area contributed by atoms with E-state index in [9.17, 15) is 13.2 Å². The summed E-state index contributed by atoms with van der Waals surface area (Å²) in [5.41, 5.74) is 1.86. The molecular formula is C21H26N2O5S. The Morgan fingerprint density at radius 2 is 1.90 bits per heavy atom. The Morgan fingerprint density at radius 3 is 2.52 bits per heavy atom. The third kappa shape index (κ3) is 4.71. The van der Waals surface area contributed by atoms with Crippen LogP contribution in [0.25, 0.3) is 0 Å². The molecule has 0 radical (unpaired) electrons. The summed E-state index contributed by atoms with van der Waals surface area (Å²) in [5, 5.41) is 0. The largest absolute Gasteiger partial charge is 0.493 e. The normalized spacial score (nSPS) is 13.8. The van der Waals surface area contributed by atoms with Crippen LogP contribution in [0.5, 0.6) is 11.5 Å². The van der Waals surface area contributed by atoms with Gasteiger partial charge >= 0.3 is 0 Å². The van der Waals surface area contributed by atoms with Gasteiger partial charge in [0.05, 0.1) is 19.1 Å². The van der Waals surface area contributed by atoms with Crippen molar-refractivity contribution in [3.8, 4) is 11.5 Å². The summed E-state index contributed by atoms with van der Waals surface area (Å²) in [6.07, 6.45) is 1.70. The Kier molecular flexibility index (Phi) is 6.14. The first-order valence-corrected chi connectivity index (χ1v) is 10.8. The van der Waals surface area contributed by atoms with Crippen molar-refractivity contribution in [1.29, 1.82) is 0 Å². The highest BCUT2D eigenvalue weighted by Crippen LogP contribution is 2.31. The molecule has 0 heterocycles. The average Bonchev–Trinajstić information content (AvgIpc) is 3.50. The summed E-state index contributed by atoms with van der Waals surface area (Å²) in [6, 6.07) is 10.1. The van der Waals surface area contributed by atoms with E-state index in [1.807, 2.05) is 12.1 Å². The van der Waals surface area contributed by atoms with E-state index in [0.717, 1.165) is 18.4 Å². The van der Waals surface area contributed by atoms with Gasteiger partial charge in [-0.2, -0.15) is 0 Å². The molecule has 1 aliphatic carbocycles. The fraction of sp³-hybridized carbons (Fsp3) is 0.381. The van der Waals surface area contributed by atoms with Crippen LogP contribution in [-0.2, 0) is 16.6 Å². The van der Waals surface area contributed by atoms with Crippen LogP contribution in [0, 0.1) is 6.92 Å². The second kappa shape index (κ2) is 8.42. The number of nitrogens with one attached hydrogen (secondary N) is 1. The number of aryl methyl sites for hydroxylation is 1. The standard InChI is InChI=1S/C21H26N2O5S/c1-14-8-11-17(29(25,26)22-16-9-10-16)12-18(14)21(24)23(2)13-15-6-5-7-19(27-3)20(15)28-4/h5-8,11-12,16,22H,9-10,13H2,1-4H3. The maximum absolute atomic E-state index is 13.1. The molecule has 3 rings (SSSR count). The van der Waals surface area contributed by atoms with E-state index >= 15 is 0 Å². The van der Waals surface area contributed by atoms with Crippen molar-refractivity contribution in [2.24, 2.45) is 0 Å². The molecule has 0 atom stereocenters. The van der Waals surface area contributed by atoms with Crippen molar-refractivity contribution >= 4 is 15.9 Å². The first-order chi connectivity index (χ1) is 13.8. The highest BCUT2D eigenvalue weighted by molar-refractivity contribution is 7.89. The maximum Gasteiger partial charge on any atom is 0.254 e. The molecule has 29 heavy (non-hydrogen) atoms. The van der Waals surface area contributed by atoms with Crippen LogP contribution >= 0.6 is 0 Å². The molecule has 0 unspecified atom stereocenters. The monoisotopic (exact) mass is 418 g/mol. The summed E-state index contributed by atoms with van der Waals surface area (Å²) in [4.78, 5) is 14.7. The van der Waals surface area contributed by atoms with Crippen LogP contribution < -0.4 is 14.2 Å². The molecule has 1 fully saturated rings. The Labute approximate surface area is 171 Å². The van der Waals surface area contributed by atoms with E-state index in [1.54, 1.807) is 40.3 Å². The number of nitrogens with zero attached hydrogens (tertiary/aromatic N) is 1. The molecule has 1 saturated carbocycles. The molecule has 0 bridgehead atoms. The van der Waals surface area contributed by atoms with Gasteiger partial charge < -0.3 is 14.4 Å². The molecule has 0 aliphatic heterocycles. The van der Waals surface area contributed by atoms with Gasteiger partial charge in [-0.05, 0) is 43.5 Å². The van der Waals surface area contributed by atoms with Gasteiger partial charge in [0.15, 0.2) is 11.5 Å². The second-order valence-electron chi connectivity index (χ2n) is 7.19. The van der Waals surface area contributed by atoms with Crippen molar-refractivity contribution in [3.05, 3.63) is 53.1 Å². The molecule has 0 spiro atoms. The fourth-order valence-corrected chi connectivity index (χ4v) is 4.43. The number of methoxy groups -OCH3 is 2. The SMILES string of the molecule is COc1cccc(CN(C)C(=O)c2cc(S(=O)(=O)NC3CC3)ccc2C)c1OC. The van der Waals surface area contributed by atoms with Crippen molar-refractivity contribution in [3.63, 3.8) is 0 Å². The molecule has 0 saturated heterocycles. The number of carbonyl (C=O) groups is 1. The summed E-state index contributed by atoms with van der Waals surface area (Å²) in [5.74, 6) is 0.883. The highest BCUT2D eigenvalue weighted by atomic mass is 32.2. The third-order valence-corrected chi connectivity index (χ3v) is 6.41. The predicted octanol–water partition coefficient (Wildman–Crippen LogP) is 2.73. The molecule has 1 amide bonds. The Morgan fingerprint density at radius 1 is 1.17 bits per heavy atom. The molecule has 8 heteroatoms. The van der Waals surface area contributed by atoms with E-state index in [2.05, 4.69) is 4.72 Å². The molecule has 1 aliphatic rings. The van der Waals surface area contributed by atoms with Crippen LogP contribution in [0.1, 0.15) is 34.3 Å². The van der Waals surface area contributed by atoms with Gasteiger partial charge in [-0.1, -0.05) is 18.2 Å². The minimum atomic E-state index is -3.63. The van der Waals surface area contributed by atoms with Crippen molar-refractivity contribution < 1.29 is 22.7 Å². The van der Waals surface area contributed by atoms with Gasteiger partial charge in [-0.3, -0.25) is 4.79 Å². The highest BCUT2D eigenvalue weighted by Gasteiger charge is 2.29. The lowest BCUT2D eigenvalue weighted by Crippen LogP contribution is -2.29. The minimum Gasteiger partial charge on any atom is -0.493 e. The zero-order valence-electron chi connectivity index (χ0n) is 17.1. The van der Waals surface area contributed by atoms with Gasteiger partial charge in [0.1, 0.15) is 0 Å². The summed E-state index contributed by atoms with van der Waals surface area (Å²) >= 11 is 0. The maximum atomic E-state index is 13.1. The molecule has 2 aromatic rings. The van der Waals surface area contributed by atoms with Gasteiger partial charge in [0.2, 0.25) is 10.0 Å². The number of sulfonamides is 1. The Bertz CT molecular complexity index is 1020. The molecule has 7 nitrogen and oxygen atoms in total. The third-order valence-electron chi connectivity index (χ3n) is 4.89. The van der Waals surface area contributed by atoms with Crippen molar-refractivity contribution in [2.45, 2.75) is 37.2 Å². The smallest absolute Gasteiger partial charge is 0.254 e. The van der Waals surface area contributed by atoms with E-state index in [-0.39, 0.29) is 23.4 Å². The van der Waals surface area contributed by atoms with Gasteiger partial charge in [-0.25, -0.2) is 13.1 Å². The molecule has 0 aromatic heterocycles. The molecule has 156 valence electrons. The van der Waals surface area contributed by atoms with Crippen molar-refractivity contribution in [1.82, 2.24) is 9.62 Å². The lowest BCUT2D eigenvalue weighted by atomic mass is 10.1. The topological polar surface area (TPSA) is 84.9 Å². The number of amides is 1. The van der Waals surface area contributed by atoms with Crippen LogP contribution in [0.15, 0.2) is 41.3 Å². The lowest BCUT2D eigenvalue weighted by Gasteiger charge is -2.21. The average molecular weight is 419 g/mol. The summed E-state index contributed by atoms with van der Waals surface area (Å²) < 4.78 is 38.4. The van der Waals surface area contributed by atoms with Crippen LogP contribution in [-0.4, -0.2) is 46.5 Å². The molecule has 2 aromatic carbocycles. The first-order valence-electron chi connectivity index (χ1n) is 9.35. The number of carbonyl (C=O) groups excluding carboxylic acids is 1. The van der Waals surface area contributed by atoms with Crippen molar-refractivity contribution in [2.75, 3.05) is 21.3 Å². The van der Waals surface area contributed by atoms with Gasteiger partial charge in [0.25, 0.3) is 5.91 Å². The lowest BCUT2D eigenvalue weighted by molar-refractivity contribution is 0.0783. The zero-order chi connectivity index (χ0) is 21.2. The van der Waals surface area contributed by atoms with E-state index in [1.165, 1.54) is 17.0 Å². The number of rotatable bonds is 8. The quantitative estimate of drug-likeness (QED) is 0.713. The summed E-state index contributed by atoms with van der Waals surface area (Å²) in [7, 11) is 1.15. The number of para-hydroxylation sites is 1. The zero-order valence-corrected chi connectivity index (χ0v) is 17.9. The van der Waals surface area contributed by atoms with Gasteiger partial charge in [-0.15, -0.1) is 0 Å². The predicted molar refractivity (Wildman–Crippen MR) is 110 cm³/mol. The number of benzene rings is 2. The number of hydrogen-bond donors (Lipinski definition) is 1. The van der Waals surface area contributed by atoms with Gasteiger partial charge in [0, 0.05) is 30.8 Å². The fourth-order valence-electron chi connectivity index (χ4n) is 3.10. The Hall–Kier alpha value is -2.58. The molecular weight excluding hydrogens is 392 g/mol. The first kappa shape index (κ1) is 21.1. The minimum absolute atomic E-state index is 0.00338. The van der Waals surface area contributed by atoms with E-state index in [4.69, 9.17) is 9.47 Å². The second-order valence-corrected chi connectivity index (χ2v) is 8.90. The Balaban J connectivity index is 1.85.